The summed E-state index contributed by atoms with van der Waals surface area (Å²) in [4.78, 5) is 28.0. The van der Waals surface area contributed by atoms with E-state index in [4.69, 9.17) is 0 Å². The molecule has 0 spiro atoms. The zero-order chi connectivity index (χ0) is 18.5. The lowest BCUT2D eigenvalue weighted by Gasteiger charge is -2.11. The molecular weight excluding hydrogens is 345 g/mol. The highest BCUT2D eigenvalue weighted by Crippen LogP contribution is 2.47. The first-order chi connectivity index (χ1) is 13.1. The monoisotopic (exact) mass is 363 g/mol. The second-order valence-corrected chi connectivity index (χ2v) is 7.10. The lowest BCUT2D eigenvalue weighted by atomic mass is 10.2. The number of hydrogen-bond acceptors (Lipinski definition) is 3. The van der Waals surface area contributed by atoms with E-state index in [1.54, 1.807) is 6.07 Å². The number of fused-ring (bicyclic) bond motifs is 2. The molecule has 3 atom stereocenters. The minimum Gasteiger partial charge on any atom is -0.346 e. The number of benzene rings is 2. The number of nitrogens with one attached hydrogen (secondary N) is 3. The number of H-pyrrole nitrogens is 2. The van der Waals surface area contributed by atoms with Crippen molar-refractivity contribution in [3.05, 3.63) is 59.9 Å². The fourth-order valence-electron chi connectivity index (χ4n) is 3.53. The zero-order valence-electron chi connectivity index (χ0n) is 14.7. The maximum atomic E-state index is 13.3. The molecule has 0 unspecified atom stereocenters. The molecule has 0 aliphatic heterocycles. The van der Waals surface area contributed by atoms with E-state index in [-0.39, 0.29) is 29.6 Å². The molecule has 1 aliphatic rings. The molecule has 0 bridgehead atoms. The smallest absolute Gasteiger partial charge is 0.224 e. The van der Waals surface area contributed by atoms with Crippen molar-refractivity contribution in [2.24, 2.45) is 5.92 Å². The summed E-state index contributed by atoms with van der Waals surface area (Å²) in [5, 5.41) is 3.00. The standard InChI is InChI=1S/C20H18FN5O/c1-10(18-23-16-7-6-11(21)8-17(16)26-18)22-20(27)13-9-12(13)19-24-14-4-2-3-5-15(14)25-19/h2-8,10,12-13H,9H2,1H3,(H,22,27)(H,23,26)(H,24,25)/t10-,12+,13+/m1/s1. The minimum atomic E-state index is -0.318. The van der Waals surface area contributed by atoms with Gasteiger partial charge >= 0.3 is 0 Å². The van der Waals surface area contributed by atoms with Crippen molar-refractivity contribution < 1.29 is 9.18 Å². The van der Waals surface area contributed by atoms with Crippen molar-refractivity contribution in [1.29, 1.82) is 0 Å². The second-order valence-electron chi connectivity index (χ2n) is 7.10. The van der Waals surface area contributed by atoms with Gasteiger partial charge in [-0.2, -0.15) is 0 Å². The van der Waals surface area contributed by atoms with E-state index in [0.717, 1.165) is 23.3 Å². The Balaban J connectivity index is 1.28. The Bertz CT molecular complexity index is 1130. The van der Waals surface area contributed by atoms with E-state index < -0.39 is 0 Å². The SMILES string of the molecule is C[C@@H](NC(=O)[C@H]1C[C@@H]1c1nc2ccccc2[nH]1)c1nc2ccc(F)cc2[nH]1. The Morgan fingerprint density at radius 1 is 1.15 bits per heavy atom. The van der Waals surface area contributed by atoms with Crippen LogP contribution in [-0.2, 0) is 4.79 Å². The van der Waals surface area contributed by atoms with E-state index in [9.17, 15) is 9.18 Å². The number of hydrogen-bond donors (Lipinski definition) is 3. The van der Waals surface area contributed by atoms with Gasteiger partial charge in [0.2, 0.25) is 5.91 Å². The number of nitrogens with zero attached hydrogens (tertiary/aromatic N) is 2. The minimum absolute atomic E-state index is 0.0143. The summed E-state index contributed by atoms with van der Waals surface area (Å²) >= 11 is 0. The highest BCUT2D eigenvalue weighted by atomic mass is 19.1. The highest BCUT2D eigenvalue weighted by Gasteiger charge is 2.46. The summed E-state index contributed by atoms with van der Waals surface area (Å²) in [6.45, 7) is 1.87. The van der Waals surface area contributed by atoms with E-state index in [1.807, 2.05) is 31.2 Å². The quantitative estimate of drug-likeness (QED) is 0.518. The number of halogens is 1. The summed E-state index contributed by atoms with van der Waals surface area (Å²) in [6.07, 6.45) is 0.781. The van der Waals surface area contributed by atoms with Gasteiger partial charge in [-0.1, -0.05) is 12.1 Å². The van der Waals surface area contributed by atoms with Crippen LogP contribution in [0.3, 0.4) is 0 Å². The van der Waals surface area contributed by atoms with Gasteiger partial charge in [-0.15, -0.1) is 0 Å². The van der Waals surface area contributed by atoms with Crippen LogP contribution in [0.5, 0.6) is 0 Å². The molecule has 1 saturated carbocycles. The van der Waals surface area contributed by atoms with Crippen LogP contribution in [0.15, 0.2) is 42.5 Å². The lowest BCUT2D eigenvalue weighted by molar-refractivity contribution is -0.123. The largest absolute Gasteiger partial charge is 0.346 e. The number of aromatic nitrogens is 4. The summed E-state index contributed by atoms with van der Waals surface area (Å²) in [6, 6.07) is 12.0. The third-order valence-electron chi connectivity index (χ3n) is 5.12. The zero-order valence-corrected chi connectivity index (χ0v) is 14.7. The van der Waals surface area contributed by atoms with Gasteiger partial charge in [-0.05, 0) is 43.7 Å². The Hall–Kier alpha value is -3.22. The van der Waals surface area contributed by atoms with Crippen molar-refractivity contribution in [2.75, 3.05) is 0 Å². The molecule has 2 aromatic heterocycles. The van der Waals surface area contributed by atoms with Gasteiger partial charge in [0.05, 0.1) is 28.1 Å². The number of carbonyl (C=O) groups is 1. The average Bonchev–Trinajstić information content (AvgIpc) is 3.16. The maximum absolute atomic E-state index is 13.3. The van der Waals surface area contributed by atoms with Crippen LogP contribution in [0.2, 0.25) is 0 Å². The van der Waals surface area contributed by atoms with Crippen LogP contribution in [0.4, 0.5) is 4.39 Å². The van der Waals surface area contributed by atoms with E-state index in [2.05, 4.69) is 25.3 Å². The first-order valence-electron chi connectivity index (χ1n) is 8.98. The van der Waals surface area contributed by atoms with E-state index in [0.29, 0.717) is 16.9 Å². The summed E-state index contributed by atoms with van der Waals surface area (Å²) in [5.41, 5.74) is 3.21. The molecule has 2 heterocycles. The van der Waals surface area contributed by atoms with Gasteiger partial charge in [-0.25, -0.2) is 14.4 Å². The Labute approximate surface area is 154 Å². The van der Waals surface area contributed by atoms with Crippen molar-refractivity contribution >= 4 is 28.0 Å². The summed E-state index contributed by atoms with van der Waals surface area (Å²) in [5.74, 6) is 1.18. The molecule has 27 heavy (non-hydrogen) atoms. The lowest BCUT2D eigenvalue weighted by Crippen LogP contribution is -2.29. The van der Waals surface area contributed by atoms with E-state index >= 15 is 0 Å². The van der Waals surface area contributed by atoms with E-state index in [1.165, 1.54) is 12.1 Å². The van der Waals surface area contributed by atoms with Crippen molar-refractivity contribution in [1.82, 2.24) is 25.3 Å². The molecule has 0 radical (unpaired) electrons. The topological polar surface area (TPSA) is 86.5 Å². The predicted octanol–water partition coefficient (Wildman–Crippen LogP) is 3.56. The molecule has 4 aromatic rings. The van der Waals surface area contributed by atoms with Crippen LogP contribution in [0.25, 0.3) is 22.1 Å². The van der Waals surface area contributed by atoms with Crippen LogP contribution < -0.4 is 5.32 Å². The van der Waals surface area contributed by atoms with Gasteiger partial charge < -0.3 is 15.3 Å². The molecule has 1 aliphatic carbocycles. The van der Waals surface area contributed by atoms with Crippen molar-refractivity contribution in [3.63, 3.8) is 0 Å². The van der Waals surface area contributed by atoms with Crippen LogP contribution in [0.1, 0.15) is 37.0 Å². The second kappa shape index (κ2) is 5.90. The third-order valence-corrected chi connectivity index (χ3v) is 5.12. The van der Waals surface area contributed by atoms with Crippen LogP contribution >= 0.6 is 0 Å². The first kappa shape index (κ1) is 16.0. The molecule has 5 rings (SSSR count). The van der Waals surface area contributed by atoms with Crippen LogP contribution in [0, 0.1) is 11.7 Å². The normalized spacial score (nSPS) is 20.1. The molecular formula is C20H18FN5O. The summed E-state index contributed by atoms with van der Waals surface area (Å²) in [7, 11) is 0. The number of rotatable bonds is 4. The molecule has 6 nitrogen and oxygen atoms in total. The fraction of sp³-hybridized carbons (Fsp3) is 0.250. The number of aromatic amines is 2. The van der Waals surface area contributed by atoms with Gasteiger partial charge in [0, 0.05) is 11.8 Å². The maximum Gasteiger partial charge on any atom is 0.224 e. The summed E-state index contributed by atoms with van der Waals surface area (Å²) < 4.78 is 13.3. The molecule has 1 fully saturated rings. The Kier molecular flexibility index (Phi) is 3.50. The number of imidazole rings is 2. The molecule has 7 heteroatoms. The van der Waals surface area contributed by atoms with Gasteiger partial charge in [0.15, 0.2) is 0 Å². The molecule has 3 N–H and O–H groups in total. The Morgan fingerprint density at radius 2 is 1.96 bits per heavy atom. The first-order valence-corrected chi connectivity index (χ1v) is 8.98. The number of carbonyl (C=O) groups excluding carboxylic acids is 1. The molecule has 2 aromatic carbocycles. The number of amides is 1. The van der Waals surface area contributed by atoms with Gasteiger partial charge in [-0.3, -0.25) is 4.79 Å². The molecule has 136 valence electrons. The fourth-order valence-corrected chi connectivity index (χ4v) is 3.53. The molecule has 1 amide bonds. The Morgan fingerprint density at radius 3 is 2.81 bits per heavy atom. The average molecular weight is 363 g/mol. The predicted molar refractivity (Wildman–Crippen MR) is 99.6 cm³/mol. The van der Waals surface area contributed by atoms with Crippen molar-refractivity contribution in [3.8, 4) is 0 Å². The van der Waals surface area contributed by atoms with Crippen LogP contribution in [-0.4, -0.2) is 25.8 Å². The van der Waals surface area contributed by atoms with Gasteiger partial charge in [0.25, 0.3) is 0 Å². The number of para-hydroxylation sites is 2. The third kappa shape index (κ3) is 2.85. The highest BCUT2D eigenvalue weighted by molar-refractivity contribution is 5.84. The van der Waals surface area contributed by atoms with Gasteiger partial charge in [0.1, 0.15) is 17.5 Å². The molecule has 0 saturated heterocycles. The van der Waals surface area contributed by atoms with Crippen molar-refractivity contribution in [2.45, 2.75) is 25.3 Å².